The highest BCUT2D eigenvalue weighted by Gasteiger charge is 2.41. The van der Waals surface area contributed by atoms with Gasteiger partial charge in [-0.1, -0.05) is 6.42 Å². The highest BCUT2D eigenvalue weighted by atomic mass is 16.5. The van der Waals surface area contributed by atoms with E-state index in [1.807, 2.05) is 24.3 Å². The molecule has 1 heterocycles. The van der Waals surface area contributed by atoms with Crippen molar-refractivity contribution in [2.24, 2.45) is 0 Å². The topological polar surface area (TPSA) is 50.8 Å². The van der Waals surface area contributed by atoms with Crippen LogP contribution in [0.5, 0.6) is 5.75 Å². The molecule has 0 radical (unpaired) electrons. The summed E-state index contributed by atoms with van der Waals surface area (Å²) in [5.74, 6) is 0.816. The van der Waals surface area contributed by atoms with Crippen molar-refractivity contribution >= 4 is 11.6 Å². The Kier molecular flexibility index (Phi) is 6.92. The van der Waals surface area contributed by atoms with E-state index in [0.29, 0.717) is 0 Å². The van der Waals surface area contributed by atoms with Crippen molar-refractivity contribution in [3.8, 4) is 5.75 Å². The number of likely N-dealkylation sites (tertiary alicyclic amines) is 1. The van der Waals surface area contributed by atoms with Crippen molar-refractivity contribution in [1.82, 2.24) is 4.90 Å². The Morgan fingerprint density at radius 2 is 1.77 bits per heavy atom. The monoisotopic (exact) mass is 360 g/mol. The quantitative estimate of drug-likeness (QED) is 0.716. The summed E-state index contributed by atoms with van der Waals surface area (Å²) in [6.45, 7) is 4.32. The number of benzene rings is 1. The summed E-state index contributed by atoms with van der Waals surface area (Å²) >= 11 is 0. The average molecular weight is 360 g/mol. The van der Waals surface area contributed by atoms with Crippen LogP contribution in [0.1, 0.15) is 51.4 Å². The molecule has 1 aromatic rings. The second-order valence-corrected chi connectivity index (χ2v) is 7.49. The first-order valence-corrected chi connectivity index (χ1v) is 10.0. The first-order valence-electron chi connectivity index (χ1n) is 10.0. The first kappa shape index (κ1) is 19.2. The van der Waals surface area contributed by atoms with E-state index in [9.17, 15) is 4.79 Å². The number of carbonyl (C=O) groups excluding carboxylic acids is 1. The second-order valence-electron chi connectivity index (χ2n) is 7.49. The lowest BCUT2D eigenvalue weighted by Crippen LogP contribution is -2.42. The SMILES string of the molecule is COC1(C(=O)Nc2ccc(OCCCN3CCCCC3)cc2)CCCC1. The fourth-order valence-electron chi connectivity index (χ4n) is 4.01. The number of hydrogen-bond acceptors (Lipinski definition) is 4. The molecule has 5 heteroatoms. The van der Waals surface area contributed by atoms with Gasteiger partial charge in [-0.05, 0) is 82.3 Å². The van der Waals surface area contributed by atoms with Gasteiger partial charge in [0.2, 0.25) is 0 Å². The summed E-state index contributed by atoms with van der Waals surface area (Å²) in [5.41, 5.74) is 0.142. The lowest BCUT2D eigenvalue weighted by Gasteiger charge is -2.26. The van der Waals surface area contributed by atoms with Gasteiger partial charge in [0.25, 0.3) is 5.91 Å². The van der Waals surface area contributed by atoms with Crippen LogP contribution in [-0.4, -0.2) is 49.8 Å². The van der Waals surface area contributed by atoms with Crippen LogP contribution in [0.15, 0.2) is 24.3 Å². The zero-order chi connectivity index (χ0) is 18.2. The van der Waals surface area contributed by atoms with Crippen molar-refractivity contribution in [1.29, 1.82) is 0 Å². The van der Waals surface area contributed by atoms with E-state index >= 15 is 0 Å². The smallest absolute Gasteiger partial charge is 0.256 e. The van der Waals surface area contributed by atoms with Gasteiger partial charge >= 0.3 is 0 Å². The van der Waals surface area contributed by atoms with Gasteiger partial charge in [-0.25, -0.2) is 0 Å². The van der Waals surface area contributed by atoms with E-state index in [4.69, 9.17) is 9.47 Å². The summed E-state index contributed by atoms with van der Waals surface area (Å²) in [6, 6.07) is 7.64. The Hall–Kier alpha value is -1.59. The molecule has 1 aliphatic heterocycles. The minimum absolute atomic E-state index is 0.0345. The zero-order valence-electron chi connectivity index (χ0n) is 16.0. The van der Waals surface area contributed by atoms with E-state index in [-0.39, 0.29) is 5.91 Å². The molecule has 2 fully saturated rings. The second kappa shape index (κ2) is 9.38. The van der Waals surface area contributed by atoms with Gasteiger partial charge in [0.15, 0.2) is 0 Å². The number of carbonyl (C=O) groups is 1. The van der Waals surface area contributed by atoms with E-state index in [0.717, 1.165) is 56.7 Å². The van der Waals surface area contributed by atoms with Gasteiger partial charge in [0.1, 0.15) is 11.4 Å². The summed E-state index contributed by atoms with van der Waals surface area (Å²) in [6.07, 6.45) is 8.78. The van der Waals surface area contributed by atoms with Crippen LogP contribution < -0.4 is 10.1 Å². The van der Waals surface area contributed by atoms with E-state index in [1.54, 1.807) is 7.11 Å². The molecule has 3 rings (SSSR count). The number of rotatable bonds is 8. The molecule has 0 atom stereocenters. The van der Waals surface area contributed by atoms with Crippen LogP contribution in [-0.2, 0) is 9.53 Å². The minimum Gasteiger partial charge on any atom is -0.494 e. The largest absolute Gasteiger partial charge is 0.494 e. The average Bonchev–Trinajstić information content (AvgIpc) is 3.18. The highest BCUT2D eigenvalue weighted by molar-refractivity contribution is 5.97. The summed E-state index contributed by atoms with van der Waals surface area (Å²) < 4.78 is 11.4. The van der Waals surface area contributed by atoms with Crippen molar-refractivity contribution in [2.75, 3.05) is 38.7 Å². The van der Waals surface area contributed by atoms with Crippen molar-refractivity contribution < 1.29 is 14.3 Å². The Balaban J connectivity index is 1.41. The third-order valence-electron chi connectivity index (χ3n) is 5.66. The van der Waals surface area contributed by atoms with Crippen LogP contribution in [0, 0.1) is 0 Å². The number of nitrogens with one attached hydrogen (secondary N) is 1. The molecule has 1 saturated carbocycles. The van der Waals surface area contributed by atoms with Gasteiger partial charge in [-0.15, -0.1) is 0 Å². The molecule has 1 saturated heterocycles. The highest BCUT2D eigenvalue weighted by Crippen LogP contribution is 2.33. The molecule has 1 aliphatic carbocycles. The number of ether oxygens (including phenoxy) is 2. The van der Waals surface area contributed by atoms with Crippen LogP contribution in [0.4, 0.5) is 5.69 Å². The van der Waals surface area contributed by atoms with Gasteiger partial charge < -0.3 is 19.7 Å². The van der Waals surface area contributed by atoms with Crippen molar-refractivity contribution in [3.05, 3.63) is 24.3 Å². The van der Waals surface area contributed by atoms with Crippen LogP contribution in [0.25, 0.3) is 0 Å². The maximum Gasteiger partial charge on any atom is 0.256 e. The summed E-state index contributed by atoms with van der Waals surface area (Å²) in [5, 5.41) is 2.99. The molecule has 26 heavy (non-hydrogen) atoms. The zero-order valence-corrected chi connectivity index (χ0v) is 16.0. The van der Waals surface area contributed by atoms with Crippen LogP contribution in [0.3, 0.4) is 0 Å². The third-order valence-corrected chi connectivity index (χ3v) is 5.66. The van der Waals surface area contributed by atoms with Gasteiger partial charge in [-0.3, -0.25) is 4.79 Å². The Bertz CT molecular complexity index is 561. The lowest BCUT2D eigenvalue weighted by molar-refractivity contribution is -0.136. The number of hydrogen-bond donors (Lipinski definition) is 1. The number of piperidine rings is 1. The lowest BCUT2D eigenvalue weighted by atomic mass is 10.0. The molecule has 1 aromatic carbocycles. The van der Waals surface area contributed by atoms with Crippen LogP contribution in [0.2, 0.25) is 0 Å². The molecule has 5 nitrogen and oxygen atoms in total. The third kappa shape index (κ3) is 4.98. The maximum absolute atomic E-state index is 12.5. The molecule has 1 N–H and O–H groups in total. The summed E-state index contributed by atoms with van der Waals surface area (Å²) in [4.78, 5) is 15.1. The molecule has 144 valence electrons. The van der Waals surface area contributed by atoms with E-state index in [1.165, 1.54) is 32.4 Å². The number of nitrogens with zero attached hydrogens (tertiary/aromatic N) is 1. The fourth-order valence-corrected chi connectivity index (χ4v) is 4.01. The minimum atomic E-state index is -0.649. The molecular weight excluding hydrogens is 328 g/mol. The van der Waals surface area contributed by atoms with Gasteiger partial charge in [0.05, 0.1) is 6.61 Å². The van der Waals surface area contributed by atoms with E-state index < -0.39 is 5.60 Å². The Labute approximate surface area is 157 Å². The van der Waals surface area contributed by atoms with Gasteiger partial charge in [-0.2, -0.15) is 0 Å². The Morgan fingerprint density at radius 1 is 1.08 bits per heavy atom. The molecule has 0 spiro atoms. The molecule has 2 aliphatic rings. The van der Waals surface area contributed by atoms with E-state index in [2.05, 4.69) is 10.2 Å². The maximum atomic E-state index is 12.5. The molecule has 0 unspecified atom stereocenters. The predicted molar refractivity (Wildman–Crippen MR) is 104 cm³/mol. The normalized spacial score (nSPS) is 20.0. The number of anilines is 1. The Morgan fingerprint density at radius 3 is 2.42 bits per heavy atom. The molecule has 0 aromatic heterocycles. The van der Waals surface area contributed by atoms with Gasteiger partial charge in [0, 0.05) is 19.3 Å². The first-order chi connectivity index (χ1) is 12.7. The molecule has 1 amide bonds. The van der Waals surface area contributed by atoms with Crippen molar-refractivity contribution in [3.63, 3.8) is 0 Å². The summed E-state index contributed by atoms with van der Waals surface area (Å²) in [7, 11) is 1.63. The predicted octanol–water partition coefficient (Wildman–Crippen LogP) is 3.84. The van der Waals surface area contributed by atoms with Crippen molar-refractivity contribution in [2.45, 2.75) is 57.0 Å². The number of methoxy groups -OCH3 is 1. The fraction of sp³-hybridized carbons (Fsp3) is 0.667. The standard InChI is InChI=1S/C21H32N2O3/c1-25-21(12-3-4-13-21)20(24)22-18-8-10-19(11-9-18)26-17-7-16-23-14-5-2-6-15-23/h8-11H,2-7,12-17H2,1H3,(H,22,24). The van der Waals surface area contributed by atoms with Crippen LogP contribution >= 0.6 is 0 Å². The molecular formula is C21H32N2O3. The molecule has 0 bridgehead atoms. The number of amides is 1.